The number of aromatic nitrogens is 1. The molecule has 0 aliphatic rings. The predicted molar refractivity (Wildman–Crippen MR) is 126 cm³/mol. The molecule has 0 aliphatic heterocycles. The molecule has 2 heterocycles. The fourth-order valence-corrected chi connectivity index (χ4v) is 5.00. The zero-order chi connectivity index (χ0) is 22.3. The van der Waals surface area contributed by atoms with Gasteiger partial charge in [0, 0.05) is 23.3 Å². The first kappa shape index (κ1) is 20.4. The molecule has 2 aromatic heterocycles. The maximum atomic E-state index is 11.9. The van der Waals surface area contributed by atoms with Crippen LogP contribution in [0, 0.1) is 0 Å². The summed E-state index contributed by atoms with van der Waals surface area (Å²) in [5.74, 6) is 1.38. The number of benzene rings is 3. The van der Waals surface area contributed by atoms with Gasteiger partial charge >= 0.3 is 0 Å². The van der Waals surface area contributed by atoms with Crippen LogP contribution >= 0.6 is 11.3 Å². The van der Waals surface area contributed by atoms with Gasteiger partial charge in [-0.2, -0.15) is 0 Å². The molecule has 5 aromatic rings. The molecular formula is C24H18N2O4S2. The van der Waals surface area contributed by atoms with Gasteiger partial charge in [-0.15, -0.1) is 0 Å². The minimum absolute atomic E-state index is 0.264. The van der Waals surface area contributed by atoms with E-state index >= 15 is 0 Å². The van der Waals surface area contributed by atoms with Gasteiger partial charge in [0.05, 0.1) is 27.6 Å². The van der Waals surface area contributed by atoms with Crippen LogP contribution in [-0.2, 0) is 9.84 Å². The zero-order valence-electron chi connectivity index (χ0n) is 17.3. The van der Waals surface area contributed by atoms with Crippen LogP contribution in [0.2, 0.25) is 0 Å². The van der Waals surface area contributed by atoms with Crippen molar-refractivity contribution in [3.63, 3.8) is 0 Å². The Morgan fingerprint density at radius 3 is 2.56 bits per heavy atom. The Hall–Kier alpha value is -3.49. The van der Waals surface area contributed by atoms with Gasteiger partial charge in [0.1, 0.15) is 17.1 Å². The van der Waals surface area contributed by atoms with Crippen LogP contribution in [-0.4, -0.2) is 26.8 Å². The summed E-state index contributed by atoms with van der Waals surface area (Å²) in [6.07, 6.45) is 1.19. The fourth-order valence-electron chi connectivity index (χ4n) is 3.39. The normalized spacial score (nSPS) is 12.5. The molecule has 0 aliphatic carbocycles. The smallest absolute Gasteiger partial charge is 0.210 e. The highest BCUT2D eigenvalue weighted by Crippen LogP contribution is 2.30. The Kier molecular flexibility index (Phi) is 5.03. The van der Waals surface area contributed by atoms with Gasteiger partial charge in [-0.1, -0.05) is 41.7 Å². The monoisotopic (exact) mass is 462 g/mol. The molecule has 5 rings (SSSR count). The number of thiazole rings is 1. The lowest BCUT2D eigenvalue weighted by molar-refractivity contribution is 0.415. The van der Waals surface area contributed by atoms with Gasteiger partial charge in [0.15, 0.2) is 9.84 Å². The highest BCUT2D eigenvalue weighted by atomic mass is 32.2. The van der Waals surface area contributed by atoms with Gasteiger partial charge in [0.25, 0.3) is 0 Å². The third-order valence-corrected chi connectivity index (χ3v) is 7.02. The molecule has 0 saturated carbocycles. The second-order valence-corrected chi connectivity index (χ2v) is 10.3. The third kappa shape index (κ3) is 3.90. The molecule has 0 spiro atoms. The summed E-state index contributed by atoms with van der Waals surface area (Å²) < 4.78 is 36.1. The molecule has 0 bridgehead atoms. The molecule has 0 atom stereocenters. The molecule has 0 amide bonds. The lowest BCUT2D eigenvalue weighted by Gasteiger charge is -2.06. The molecule has 160 valence electrons. The number of hydrogen-bond donors (Lipinski definition) is 0. The van der Waals surface area contributed by atoms with E-state index in [-0.39, 0.29) is 4.90 Å². The Morgan fingerprint density at radius 1 is 1.00 bits per heavy atom. The van der Waals surface area contributed by atoms with Crippen LogP contribution < -0.4 is 10.1 Å². The lowest BCUT2D eigenvalue weighted by Crippen LogP contribution is -2.03. The van der Waals surface area contributed by atoms with E-state index in [1.165, 1.54) is 17.6 Å². The van der Waals surface area contributed by atoms with Crippen molar-refractivity contribution in [2.75, 3.05) is 13.4 Å². The minimum atomic E-state index is -3.29. The summed E-state index contributed by atoms with van der Waals surface area (Å²) in [7, 11) is -1.68. The summed E-state index contributed by atoms with van der Waals surface area (Å²) >= 11 is 1.34. The van der Waals surface area contributed by atoms with Crippen molar-refractivity contribution in [1.29, 1.82) is 0 Å². The molecule has 32 heavy (non-hydrogen) atoms. The van der Waals surface area contributed by atoms with Crippen molar-refractivity contribution in [3.8, 4) is 17.1 Å². The predicted octanol–water partition coefficient (Wildman–Crippen LogP) is 5.35. The number of rotatable bonds is 4. The van der Waals surface area contributed by atoms with Crippen molar-refractivity contribution >= 4 is 47.5 Å². The molecule has 6 nitrogen and oxygen atoms in total. The van der Waals surface area contributed by atoms with E-state index in [4.69, 9.17) is 14.1 Å². The van der Waals surface area contributed by atoms with Crippen molar-refractivity contribution in [2.45, 2.75) is 4.90 Å². The Balaban J connectivity index is 1.74. The first-order valence-electron chi connectivity index (χ1n) is 9.73. The van der Waals surface area contributed by atoms with Crippen LogP contribution in [0.5, 0.6) is 5.75 Å². The fraction of sp³-hybridized carbons (Fsp3) is 0.0833. The first-order valence-corrected chi connectivity index (χ1v) is 12.4. The number of methoxy groups -OCH3 is 1. The molecule has 0 radical (unpaired) electrons. The quantitative estimate of drug-likeness (QED) is 0.359. The number of nitrogens with zero attached hydrogens (tertiary/aromatic N) is 2. The number of ether oxygens (including phenoxy) is 1. The Bertz CT molecular complexity index is 1640. The Labute approximate surface area is 188 Å². The van der Waals surface area contributed by atoms with Crippen molar-refractivity contribution in [1.82, 2.24) is 4.98 Å². The van der Waals surface area contributed by atoms with E-state index in [0.717, 1.165) is 15.6 Å². The minimum Gasteiger partial charge on any atom is -0.497 e. The summed E-state index contributed by atoms with van der Waals surface area (Å²) in [5, 5.41) is 2.01. The SMILES string of the molecule is COc1ccc2oc(-c3ccccc3)c/c(=N\c3nc4ccc(S(C)(=O)=O)cc4s3)c2c1. The maximum absolute atomic E-state index is 11.9. The van der Waals surface area contributed by atoms with Crippen molar-refractivity contribution < 1.29 is 17.6 Å². The van der Waals surface area contributed by atoms with E-state index in [0.29, 0.717) is 33.1 Å². The van der Waals surface area contributed by atoms with E-state index in [9.17, 15) is 8.42 Å². The van der Waals surface area contributed by atoms with E-state index in [1.54, 1.807) is 25.3 Å². The second-order valence-electron chi connectivity index (χ2n) is 7.23. The zero-order valence-corrected chi connectivity index (χ0v) is 18.9. The van der Waals surface area contributed by atoms with E-state index < -0.39 is 9.84 Å². The number of sulfone groups is 1. The molecule has 0 fully saturated rings. The summed E-state index contributed by atoms with van der Waals surface area (Å²) in [6.45, 7) is 0. The van der Waals surface area contributed by atoms with Crippen LogP contribution in [0.15, 0.2) is 87.1 Å². The van der Waals surface area contributed by atoms with Gasteiger partial charge in [-0.25, -0.2) is 18.4 Å². The average Bonchev–Trinajstić information content (AvgIpc) is 3.20. The lowest BCUT2D eigenvalue weighted by atomic mass is 10.1. The highest BCUT2D eigenvalue weighted by molar-refractivity contribution is 7.90. The largest absolute Gasteiger partial charge is 0.497 e. The standard InChI is InChI=1S/C24H18N2O4S2/c1-29-16-8-11-21-18(12-16)20(14-22(30-21)15-6-4-3-5-7-15)26-24-25-19-10-9-17(32(2,27)28)13-23(19)31-24/h3-14H,1-2H3/b26-20+. The molecule has 8 heteroatoms. The third-order valence-electron chi connectivity index (χ3n) is 5.00. The van der Waals surface area contributed by atoms with E-state index in [1.807, 2.05) is 54.6 Å². The van der Waals surface area contributed by atoms with Crippen LogP contribution in [0.25, 0.3) is 32.5 Å². The maximum Gasteiger partial charge on any atom is 0.210 e. The number of hydrogen-bond acceptors (Lipinski definition) is 7. The molecule has 0 N–H and O–H groups in total. The molecule has 0 saturated heterocycles. The highest BCUT2D eigenvalue weighted by Gasteiger charge is 2.12. The van der Waals surface area contributed by atoms with Crippen LogP contribution in [0.3, 0.4) is 0 Å². The van der Waals surface area contributed by atoms with Gasteiger partial charge in [-0.3, -0.25) is 0 Å². The van der Waals surface area contributed by atoms with Crippen LogP contribution in [0.1, 0.15) is 0 Å². The Morgan fingerprint density at radius 2 is 1.81 bits per heavy atom. The molecule has 3 aromatic carbocycles. The molecule has 0 unspecified atom stereocenters. The number of fused-ring (bicyclic) bond motifs is 2. The second kappa shape index (κ2) is 7.89. The average molecular weight is 463 g/mol. The summed E-state index contributed by atoms with van der Waals surface area (Å²) in [5.41, 5.74) is 2.31. The van der Waals surface area contributed by atoms with Gasteiger partial charge in [0.2, 0.25) is 5.13 Å². The van der Waals surface area contributed by atoms with Crippen LogP contribution in [0.4, 0.5) is 5.13 Å². The molecular weight excluding hydrogens is 444 g/mol. The van der Waals surface area contributed by atoms with Gasteiger partial charge < -0.3 is 9.15 Å². The topological polar surface area (TPSA) is 81.8 Å². The van der Waals surface area contributed by atoms with E-state index in [2.05, 4.69) is 4.98 Å². The van der Waals surface area contributed by atoms with Gasteiger partial charge in [-0.05, 0) is 36.4 Å². The van der Waals surface area contributed by atoms with Crippen molar-refractivity contribution in [2.24, 2.45) is 4.99 Å². The summed E-state index contributed by atoms with van der Waals surface area (Å²) in [4.78, 5) is 9.64. The first-order chi connectivity index (χ1) is 15.4. The van der Waals surface area contributed by atoms with Crippen molar-refractivity contribution in [3.05, 3.63) is 78.2 Å². The summed E-state index contributed by atoms with van der Waals surface area (Å²) in [6, 6.07) is 22.2.